The molecule has 0 rings (SSSR count). The Bertz CT molecular complexity index is 154. The van der Waals surface area contributed by atoms with E-state index in [1.807, 2.05) is 6.92 Å². The second-order valence-electron chi connectivity index (χ2n) is 1.64. The zero-order chi connectivity index (χ0) is 7.11. The molecule has 0 radical (unpaired) electrons. The van der Waals surface area contributed by atoms with Crippen molar-refractivity contribution in [1.29, 1.82) is 0 Å². The Balaban J connectivity index is 3.49. The lowest BCUT2D eigenvalue weighted by Gasteiger charge is -1.85. The van der Waals surface area contributed by atoms with Crippen molar-refractivity contribution in [2.75, 3.05) is 0 Å². The van der Waals surface area contributed by atoms with Crippen LogP contribution in [-0.2, 0) is 0 Å². The van der Waals surface area contributed by atoms with E-state index in [4.69, 9.17) is 11.5 Å². The van der Waals surface area contributed by atoms with Gasteiger partial charge in [-0.25, -0.2) is 0 Å². The predicted molar refractivity (Wildman–Crippen MR) is 37.5 cm³/mol. The summed E-state index contributed by atoms with van der Waals surface area (Å²) >= 11 is 0. The molecule has 0 bridgehead atoms. The van der Waals surface area contributed by atoms with Gasteiger partial charge in [-0.3, -0.25) is 0 Å². The Morgan fingerprint density at radius 3 is 2.78 bits per heavy atom. The van der Waals surface area contributed by atoms with Gasteiger partial charge in [0.15, 0.2) is 6.10 Å². The Hall–Kier alpha value is -0.920. The molecule has 0 aromatic rings. The molecule has 0 aromatic heterocycles. The lowest BCUT2D eigenvalue weighted by molar-refractivity contribution is 0.290. The number of terminal acetylenes is 1. The van der Waals surface area contributed by atoms with E-state index in [2.05, 4.69) is 17.8 Å². The topological polar surface area (TPSA) is 20.2 Å². The summed E-state index contributed by atoms with van der Waals surface area (Å²) in [7, 11) is 0. The van der Waals surface area contributed by atoms with Crippen LogP contribution in [0.2, 0.25) is 0 Å². The highest BCUT2D eigenvalue weighted by Gasteiger charge is 1.84. The average Bonchev–Trinajstić information content (AvgIpc) is 1.89. The molecule has 0 saturated carbocycles. The highest BCUT2D eigenvalue weighted by molar-refractivity contribution is 5.15. The summed E-state index contributed by atoms with van der Waals surface area (Å²) in [6, 6.07) is 0. The summed E-state index contributed by atoms with van der Waals surface area (Å²) in [5, 5.41) is 8.67. The zero-order valence-electron chi connectivity index (χ0n) is 5.52. The fourth-order valence-electron chi connectivity index (χ4n) is 0.336. The third kappa shape index (κ3) is 4.94. The molecule has 9 heavy (non-hydrogen) atoms. The van der Waals surface area contributed by atoms with Gasteiger partial charge in [0.2, 0.25) is 0 Å². The standard InChI is InChI=1S/C8H10O/c1-3-5-6-7-8(9)4-2/h2,8-9H,3,5H2,1H3. The van der Waals surface area contributed by atoms with Gasteiger partial charge in [-0.2, -0.15) is 0 Å². The maximum atomic E-state index is 8.67. The van der Waals surface area contributed by atoms with Crippen LogP contribution in [0.25, 0.3) is 0 Å². The number of unbranched alkanes of at least 4 members (excludes halogenated alkanes) is 1. The average molecular weight is 122 g/mol. The van der Waals surface area contributed by atoms with Crippen LogP contribution in [0.4, 0.5) is 0 Å². The molecule has 1 nitrogen and oxygen atoms in total. The molecule has 0 saturated heterocycles. The highest BCUT2D eigenvalue weighted by Crippen LogP contribution is 1.82. The van der Waals surface area contributed by atoms with Crippen LogP contribution in [0.3, 0.4) is 0 Å². The molecule has 0 fully saturated rings. The molecule has 0 heterocycles. The molecule has 0 aliphatic rings. The Kier molecular flexibility index (Phi) is 4.69. The van der Waals surface area contributed by atoms with E-state index < -0.39 is 6.10 Å². The van der Waals surface area contributed by atoms with Crippen molar-refractivity contribution in [2.24, 2.45) is 0 Å². The van der Waals surface area contributed by atoms with E-state index >= 15 is 0 Å². The van der Waals surface area contributed by atoms with Gasteiger partial charge in [-0.05, 0) is 6.42 Å². The van der Waals surface area contributed by atoms with Gasteiger partial charge >= 0.3 is 0 Å². The van der Waals surface area contributed by atoms with Gasteiger partial charge in [0.1, 0.15) is 0 Å². The minimum Gasteiger partial charge on any atom is -0.369 e. The second kappa shape index (κ2) is 5.22. The van der Waals surface area contributed by atoms with Gasteiger partial charge in [-0.1, -0.05) is 24.7 Å². The van der Waals surface area contributed by atoms with Crippen molar-refractivity contribution in [3.05, 3.63) is 0 Å². The zero-order valence-corrected chi connectivity index (χ0v) is 5.52. The van der Waals surface area contributed by atoms with Crippen LogP contribution in [0, 0.1) is 24.2 Å². The highest BCUT2D eigenvalue weighted by atomic mass is 16.3. The van der Waals surface area contributed by atoms with Crippen molar-refractivity contribution in [1.82, 2.24) is 0 Å². The summed E-state index contributed by atoms with van der Waals surface area (Å²) in [5.41, 5.74) is 0. The van der Waals surface area contributed by atoms with Crippen molar-refractivity contribution >= 4 is 0 Å². The van der Waals surface area contributed by atoms with Gasteiger partial charge < -0.3 is 5.11 Å². The summed E-state index contributed by atoms with van der Waals surface area (Å²) in [5.74, 6) is 7.35. The van der Waals surface area contributed by atoms with E-state index in [1.54, 1.807) is 0 Å². The number of aliphatic hydroxyl groups is 1. The van der Waals surface area contributed by atoms with Crippen LogP contribution < -0.4 is 0 Å². The quantitative estimate of drug-likeness (QED) is 0.510. The fraction of sp³-hybridized carbons (Fsp3) is 0.500. The molecular formula is C8H10O. The first-order valence-corrected chi connectivity index (χ1v) is 2.93. The van der Waals surface area contributed by atoms with Crippen LogP contribution in [0.5, 0.6) is 0 Å². The number of hydrogen-bond acceptors (Lipinski definition) is 1. The Morgan fingerprint density at radius 2 is 2.33 bits per heavy atom. The first kappa shape index (κ1) is 8.08. The molecule has 0 amide bonds. The van der Waals surface area contributed by atoms with Crippen LogP contribution in [0.1, 0.15) is 19.8 Å². The third-order valence-electron chi connectivity index (χ3n) is 0.772. The van der Waals surface area contributed by atoms with E-state index in [0.717, 1.165) is 12.8 Å². The largest absolute Gasteiger partial charge is 0.369 e. The maximum absolute atomic E-state index is 8.67. The molecule has 1 unspecified atom stereocenters. The molecule has 0 aliphatic carbocycles. The van der Waals surface area contributed by atoms with E-state index in [0.29, 0.717) is 0 Å². The van der Waals surface area contributed by atoms with E-state index in [-0.39, 0.29) is 0 Å². The molecule has 1 N–H and O–H groups in total. The number of hydrogen-bond donors (Lipinski definition) is 1. The maximum Gasteiger partial charge on any atom is 0.176 e. The summed E-state index contributed by atoms with van der Waals surface area (Å²) in [4.78, 5) is 0. The molecule has 0 aliphatic heterocycles. The third-order valence-corrected chi connectivity index (χ3v) is 0.772. The van der Waals surface area contributed by atoms with Crippen molar-refractivity contribution < 1.29 is 5.11 Å². The summed E-state index contributed by atoms with van der Waals surface area (Å²) in [6.45, 7) is 2.02. The fourth-order valence-corrected chi connectivity index (χ4v) is 0.336. The summed E-state index contributed by atoms with van der Waals surface area (Å²) in [6.07, 6.45) is 5.78. The van der Waals surface area contributed by atoms with Crippen LogP contribution >= 0.6 is 0 Å². The second-order valence-corrected chi connectivity index (χ2v) is 1.64. The molecule has 48 valence electrons. The van der Waals surface area contributed by atoms with Crippen LogP contribution in [-0.4, -0.2) is 11.2 Å². The van der Waals surface area contributed by atoms with Crippen LogP contribution in [0.15, 0.2) is 0 Å². The molecule has 0 spiro atoms. The minimum absolute atomic E-state index is 0.804. The smallest absolute Gasteiger partial charge is 0.176 e. The summed E-state index contributed by atoms with van der Waals surface area (Å²) < 4.78 is 0. The van der Waals surface area contributed by atoms with E-state index in [9.17, 15) is 0 Å². The first-order chi connectivity index (χ1) is 4.31. The predicted octanol–water partition coefficient (Wildman–Crippen LogP) is 0.784. The minimum atomic E-state index is -0.878. The van der Waals surface area contributed by atoms with Crippen molar-refractivity contribution in [2.45, 2.75) is 25.9 Å². The normalized spacial score (nSPS) is 10.8. The molecule has 1 heteroatoms. The van der Waals surface area contributed by atoms with Gasteiger partial charge in [0, 0.05) is 6.42 Å². The lowest BCUT2D eigenvalue weighted by atomic mass is 10.3. The van der Waals surface area contributed by atoms with Gasteiger partial charge in [-0.15, -0.1) is 6.42 Å². The molecular weight excluding hydrogens is 112 g/mol. The lowest BCUT2D eigenvalue weighted by Crippen LogP contribution is -1.95. The van der Waals surface area contributed by atoms with Crippen molar-refractivity contribution in [3.63, 3.8) is 0 Å². The monoisotopic (exact) mass is 122 g/mol. The molecule has 1 atom stereocenters. The first-order valence-electron chi connectivity index (χ1n) is 2.93. The SMILES string of the molecule is C#CC(O)C#CCCC. The number of aliphatic hydroxyl groups excluding tert-OH is 1. The van der Waals surface area contributed by atoms with Crippen molar-refractivity contribution in [3.8, 4) is 24.2 Å². The Labute approximate surface area is 56.1 Å². The van der Waals surface area contributed by atoms with E-state index in [1.165, 1.54) is 0 Å². The van der Waals surface area contributed by atoms with Gasteiger partial charge in [0.25, 0.3) is 0 Å². The Morgan fingerprint density at radius 1 is 1.67 bits per heavy atom. The molecule has 0 aromatic carbocycles. The number of rotatable bonds is 1. The van der Waals surface area contributed by atoms with Gasteiger partial charge in [0.05, 0.1) is 0 Å².